The number of aromatic amines is 1. The van der Waals surface area contributed by atoms with E-state index in [1.165, 1.54) is 6.92 Å². The standard InChI is InChI=1S/C14H14F3N5O2/c1-8(23)18-10(9-5-3-2-4-6-9)7-11(24)19-13-20-12(21-22-13)14(15,16)17/h2-6,10H,7H2,1H3,(H,18,23)(H2,19,20,21,22,24)/t10-/m1/s1. The molecule has 1 aromatic heterocycles. The van der Waals surface area contributed by atoms with E-state index in [0.717, 1.165) is 0 Å². The third-order valence-corrected chi connectivity index (χ3v) is 2.97. The van der Waals surface area contributed by atoms with Crippen LogP contribution in [0.3, 0.4) is 0 Å². The largest absolute Gasteiger partial charge is 0.451 e. The number of carbonyl (C=O) groups is 2. The van der Waals surface area contributed by atoms with E-state index in [0.29, 0.717) is 5.56 Å². The zero-order valence-electron chi connectivity index (χ0n) is 12.5. The van der Waals surface area contributed by atoms with Crippen LogP contribution in [0.15, 0.2) is 30.3 Å². The molecule has 0 aliphatic rings. The second-order valence-corrected chi connectivity index (χ2v) is 4.92. The summed E-state index contributed by atoms with van der Waals surface area (Å²) in [5.41, 5.74) is 0.689. The zero-order valence-corrected chi connectivity index (χ0v) is 12.5. The second-order valence-electron chi connectivity index (χ2n) is 4.92. The maximum atomic E-state index is 12.4. The van der Waals surface area contributed by atoms with Crippen LogP contribution in [-0.4, -0.2) is 27.0 Å². The van der Waals surface area contributed by atoms with Crippen molar-refractivity contribution in [3.63, 3.8) is 0 Å². The number of nitrogens with zero attached hydrogens (tertiary/aromatic N) is 2. The Kier molecular flexibility index (Phi) is 5.17. The number of halogens is 3. The fourth-order valence-corrected chi connectivity index (χ4v) is 1.99. The zero-order chi connectivity index (χ0) is 17.7. The molecule has 1 atom stereocenters. The Bertz CT molecular complexity index is 715. The molecule has 128 valence electrons. The van der Waals surface area contributed by atoms with Gasteiger partial charge in [-0.3, -0.25) is 20.0 Å². The first-order valence-corrected chi connectivity index (χ1v) is 6.87. The maximum Gasteiger partial charge on any atom is 0.451 e. The number of amides is 2. The van der Waals surface area contributed by atoms with Crippen molar-refractivity contribution in [3.05, 3.63) is 41.7 Å². The lowest BCUT2D eigenvalue weighted by Gasteiger charge is -2.17. The van der Waals surface area contributed by atoms with Crippen LogP contribution >= 0.6 is 0 Å². The number of aromatic nitrogens is 3. The van der Waals surface area contributed by atoms with Gasteiger partial charge in [0.2, 0.25) is 23.6 Å². The molecule has 1 aromatic carbocycles. The van der Waals surface area contributed by atoms with Gasteiger partial charge in [-0.15, -0.1) is 5.10 Å². The summed E-state index contributed by atoms with van der Waals surface area (Å²) in [6.45, 7) is 1.30. The number of hydrogen-bond acceptors (Lipinski definition) is 4. The summed E-state index contributed by atoms with van der Waals surface area (Å²) < 4.78 is 37.3. The monoisotopic (exact) mass is 341 g/mol. The van der Waals surface area contributed by atoms with Gasteiger partial charge in [-0.05, 0) is 5.56 Å². The van der Waals surface area contributed by atoms with Crippen LogP contribution < -0.4 is 10.6 Å². The first-order valence-electron chi connectivity index (χ1n) is 6.87. The highest BCUT2D eigenvalue weighted by atomic mass is 19.4. The molecule has 10 heteroatoms. The molecule has 24 heavy (non-hydrogen) atoms. The minimum atomic E-state index is -4.68. The molecule has 7 nitrogen and oxygen atoms in total. The maximum absolute atomic E-state index is 12.4. The molecule has 2 aromatic rings. The van der Waals surface area contributed by atoms with Crippen molar-refractivity contribution in [1.29, 1.82) is 0 Å². The first-order chi connectivity index (χ1) is 11.3. The Morgan fingerprint density at radius 3 is 2.46 bits per heavy atom. The average molecular weight is 341 g/mol. The molecule has 0 radical (unpaired) electrons. The van der Waals surface area contributed by atoms with Crippen molar-refractivity contribution in [2.45, 2.75) is 25.6 Å². The van der Waals surface area contributed by atoms with Crippen LogP contribution in [0.2, 0.25) is 0 Å². The third-order valence-electron chi connectivity index (χ3n) is 2.97. The highest BCUT2D eigenvalue weighted by Gasteiger charge is 2.35. The SMILES string of the molecule is CC(=O)N[C@H](CC(=O)Nc1n[nH]c(C(F)(F)F)n1)c1ccccc1. The Morgan fingerprint density at radius 2 is 1.92 bits per heavy atom. The van der Waals surface area contributed by atoms with E-state index in [9.17, 15) is 22.8 Å². The van der Waals surface area contributed by atoms with E-state index in [4.69, 9.17) is 0 Å². The van der Waals surface area contributed by atoms with Gasteiger partial charge in [0.1, 0.15) is 0 Å². The number of benzene rings is 1. The molecule has 3 N–H and O–H groups in total. The van der Waals surface area contributed by atoms with E-state index < -0.39 is 29.9 Å². The number of hydrogen-bond donors (Lipinski definition) is 3. The van der Waals surface area contributed by atoms with Crippen LogP contribution in [0.5, 0.6) is 0 Å². The lowest BCUT2D eigenvalue weighted by molar-refractivity contribution is -0.144. The van der Waals surface area contributed by atoms with E-state index in [1.807, 2.05) is 0 Å². The van der Waals surface area contributed by atoms with Crippen molar-refractivity contribution < 1.29 is 22.8 Å². The molecule has 1 heterocycles. The minimum absolute atomic E-state index is 0.181. The fraction of sp³-hybridized carbons (Fsp3) is 0.286. The van der Waals surface area contributed by atoms with Crippen LogP contribution in [0.1, 0.15) is 30.8 Å². The van der Waals surface area contributed by atoms with Gasteiger partial charge in [0.05, 0.1) is 12.5 Å². The molecule has 0 aliphatic carbocycles. The molecule has 2 amide bonds. The number of alkyl halides is 3. The minimum Gasteiger partial charge on any atom is -0.349 e. The molecular formula is C14H14F3N5O2. The molecular weight excluding hydrogens is 327 g/mol. The smallest absolute Gasteiger partial charge is 0.349 e. The van der Waals surface area contributed by atoms with Crippen molar-refractivity contribution in [2.24, 2.45) is 0 Å². The lowest BCUT2D eigenvalue weighted by Crippen LogP contribution is -2.29. The Labute approximate surface area is 134 Å². The Balaban J connectivity index is 2.05. The summed E-state index contributed by atoms with van der Waals surface area (Å²) in [6.07, 6.45) is -4.86. The van der Waals surface area contributed by atoms with Crippen molar-refractivity contribution in [3.8, 4) is 0 Å². The highest BCUT2D eigenvalue weighted by molar-refractivity contribution is 5.89. The highest BCUT2D eigenvalue weighted by Crippen LogP contribution is 2.26. The van der Waals surface area contributed by atoms with Crippen LogP contribution in [-0.2, 0) is 15.8 Å². The van der Waals surface area contributed by atoms with Crippen molar-refractivity contribution >= 4 is 17.8 Å². The summed E-state index contributed by atoms with van der Waals surface area (Å²) in [4.78, 5) is 26.4. The van der Waals surface area contributed by atoms with Crippen molar-refractivity contribution in [1.82, 2.24) is 20.5 Å². The van der Waals surface area contributed by atoms with Crippen LogP contribution in [0.4, 0.5) is 19.1 Å². The van der Waals surface area contributed by atoms with E-state index in [1.54, 1.807) is 35.4 Å². The van der Waals surface area contributed by atoms with Gasteiger partial charge in [0.15, 0.2) is 0 Å². The van der Waals surface area contributed by atoms with Gasteiger partial charge in [0, 0.05) is 6.92 Å². The Hall–Kier alpha value is -2.91. The normalized spacial score (nSPS) is 12.5. The molecule has 0 saturated heterocycles. The van der Waals surface area contributed by atoms with Gasteiger partial charge in [0.25, 0.3) is 0 Å². The first kappa shape index (κ1) is 17.4. The summed E-state index contributed by atoms with van der Waals surface area (Å²) in [6, 6.07) is 8.09. The van der Waals surface area contributed by atoms with Gasteiger partial charge >= 0.3 is 6.18 Å². The quantitative estimate of drug-likeness (QED) is 0.775. The lowest BCUT2D eigenvalue weighted by atomic mass is 10.0. The molecule has 0 aliphatic heterocycles. The molecule has 0 spiro atoms. The van der Waals surface area contributed by atoms with Crippen LogP contribution in [0, 0.1) is 0 Å². The summed E-state index contributed by atoms with van der Waals surface area (Å²) in [7, 11) is 0. The van der Waals surface area contributed by atoms with Gasteiger partial charge in [-0.25, -0.2) is 0 Å². The van der Waals surface area contributed by atoms with Gasteiger partial charge in [-0.1, -0.05) is 30.3 Å². The van der Waals surface area contributed by atoms with Gasteiger partial charge in [-0.2, -0.15) is 18.2 Å². The topological polar surface area (TPSA) is 99.8 Å². The number of anilines is 1. The van der Waals surface area contributed by atoms with Crippen LogP contribution in [0.25, 0.3) is 0 Å². The fourth-order valence-electron chi connectivity index (χ4n) is 1.99. The number of H-pyrrole nitrogens is 1. The third kappa shape index (κ3) is 4.80. The van der Waals surface area contributed by atoms with E-state index >= 15 is 0 Å². The van der Waals surface area contributed by atoms with Crippen molar-refractivity contribution in [2.75, 3.05) is 5.32 Å². The van der Waals surface area contributed by atoms with E-state index in [2.05, 4.69) is 20.7 Å². The summed E-state index contributed by atoms with van der Waals surface area (Å²) in [5, 5.41) is 9.76. The Morgan fingerprint density at radius 1 is 1.25 bits per heavy atom. The molecule has 0 bridgehead atoms. The molecule has 2 rings (SSSR count). The predicted molar refractivity (Wildman–Crippen MR) is 77.6 cm³/mol. The molecule has 0 unspecified atom stereocenters. The number of nitrogens with one attached hydrogen (secondary N) is 3. The molecule has 0 saturated carbocycles. The molecule has 0 fully saturated rings. The average Bonchev–Trinajstić information content (AvgIpc) is 2.95. The summed E-state index contributed by atoms with van der Waals surface area (Å²) in [5.74, 6) is -2.76. The number of rotatable bonds is 5. The van der Waals surface area contributed by atoms with E-state index in [-0.39, 0.29) is 12.3 Å². The van der Waals surface area contributed by atoms with Gasteiger partial charge < -0.3 is 5.32 Å². The second kappa shape index (κ2) is 7.11. The number of carbonyl (C=O) groups excluding carboxylic acids is 2. The predicted octanol–water partition coefficient (Wildman–Crippen LogP) is 2.03. The summed E-state index contributed by atoms with van der Waals surface area (Å²) >= 11 is 0.